The van der Waals surface area contributed by atoms with E-state index in [4.69, 9.17) is 0 Å². The summed E-state index contributed by atoms with van der Waals surface area (Å²) in [5.74, 6) is -0.00919. The number of hydrogen-bond acceptors (Lipinski definition) is 2. The van der Waals surface area contributed by atoms with Gasteiger partial charge >= 0.3 is 0 Å². The number of amides is 2. The van der Waals surface area contributed by atoms with Crippen molar-refractivity contribution in [3.8, 4) is 0 Å². The predicted molar refractivity (Wildman–Crippen MR) is 82.9 cm³/mol. The van der Waals surface area contributed by atoms with E-state index in [0.29, 0.717) is 6.42 Å². The maximum atomic E-state index is 12.5. The van der Waals surface area contributed by atoms with Crippen molar-refractivity contribution >= 4 is 11.8 Å². The van der Waals surface area contributed by atoms with Crippen molar-refractivity contribution < 1.29 is 9.59 Å². The molecule has 2 rings (SSSR count). The van der Waals surface area contributed by atoms with Crippen LogP contribution in [0.2, 0.25) is 0 Å². The smallest absolute Gasteiger partial charge is 0.242 e. The summed E-state index contributed by atoms with van der Waals surface area (Å²) >= 11 is 0. The number of aryl methyl sites for hydroxylation is 1. The summed E-state index contributed by atoms with van der Waals surface area (Å²) in [7, 11) is 1.74. The minimum absolute atomic E-state index is 0.0120. The summed E-state index contributed by atoms with van der Waals surface area (Å²) in [4.78, 5) is 26.1. The van der Waals surface area contributed by atoms with Crippen LogP contribution in [0.25, 0.3) is 0 Å². The van der Waals surface area contributed by atoms with Crippen molar-refractivity contribution in [3.63, 3.8) is 0 Å². The summed E-state index contributed by atoms with van der Waals surface area (Å²) in [6.07, 6.45) is 4.00. The third kappa shape index (κ3) is 3.84. The predicted octanol–water partition coefficient (Wildman–Crippen LogP) is 1.92. The van der Waals surface area contributed by atoms with E-state index >= 15 is 0 Å². The first-order valence-electron chi connectivity index (χ1n) is 7.73. The fourth-order valence-corrected chi connectivity index (χ4v) is 2.83. The Bertz CT molecular complexity index is 513. The van der Waals surface area contributed by atoms with Gasteiger partial charge in [0.2, 0.25) is 11.8 Å². The molecule has 0 saturated carbocycles. The first kappa shape index (κ1) is 15.5. The van der Waals surface area contributed by atoms with Gasteiger partial charge in [-0.3, -0.25) is 9.59 Å². The van der Waals surface area contributed by atoms with Gasteiger partial charge in [-0.15, -0.1) is 0 Å². The van der Waals surface area contributed by atoms with Crippen LogP contribution < -0.4 is 5.32 Å². The topological polar surface area (TPSA) is 49.4 Å². The second kappa shape index (κ2) is 7.25. The Morgan fingerprint density at radius 3 is 2.71 bits per heavy atom. The lowest BCUT2D eigenvalue weighted by Crippen LogP contribution is -2.47. The third-order valence-electron chi connectivity index (χ3n) is 4.21. The van der Waals surface area contributed by atoms with E-state index in [0.717, 1.165) is 37.8 Å². The number of carbonyl (C=O) groups excluding carboxylic acids is 2. The van der Waals surface area contributed by atoms with Crippen molar-refractivity contribution in [2.24, 2.45) is 0 Å². The number of likely N-dealkylation sites (N-methyl/N-ethyl adjacent to an activating group) is 1. The van der Waals surface area contributed by atoms with Gasteiger partial charge in [0.1, 0.15) is 6.04 Å². The van der Waals surface area contributed by atoms with Gasteiger partial charge in [-0.25, -0.2) is 0 Å². The zero-order valence-corrected chi connectivity index (χ0v) is 12.9. The molecule has 4 nitrogen and oxygen atoms in total. The lowest BCUT2D eigenvalue weighted by atomic mass is 10.0. The molecule has 4 heteroatoms. The average Bonchev–Trinajstić information content (AvgIpc) is 2.71. The first-order chi connectivity index (χ1) is 10.1. The van der Waals surface area contributed by atoms with Crippen molar-refractivity contribution in [2.75, 3.05) is 13.6 Å². The van der Waals surface area contributed by atoms with E-state index in [-0.39, 0.29) is 17.9 Å². The maximum absolute atomic E-state index is 12.5. The molecule has 0 radical (unpaired) electrons. The Hall–Kier alpha value is -1.84. The highest BCUT2D eigenvalue weighted by molar-refractivity contribution is 5.88. The molecule has 1 aromatic rings. The maximum Gasteiger partial charge on any atom is 0.242 e. The minimum Gasteiger partial charge on any atom is -0.354 e. The summed E-state index contributed by atoms with van der Waals surface area (Å²) in [6, 6.07) is 7.68. The van der Waals surface area contributed by atoms with Crippen molar-refractivity contribution in [3.05, 3.63) is 35.4 Å². The van der Waals surface area contributed by atoms with E-state index in [9.17, 15) is 9.59 Å². The second-order valence-corrected chi connectivity index (χ2v) is 5.61. The number of rotatable bonds is 4. The standard InChI is InChI=1S/C17H24N2O2/c1-3-13-8-4-5-9-14(13)12-16(20)19(2)15-10-6-7-11-18-17(15)21/h4-5,8-9,15H,3,6-7,10-12H2,1-2H3,(H,18,21)/t15-/m1/s1. The largest absolute Gasteiger partial charge is 0.354 e. The van der Waals surface area contributed by atoms with Crippen LogP contribution in [0.15, 0.2) is 24.3 Å². The molecule has 0 aliphatic carbocycles. The lowest BCUT2D eigenvalue weighted by Gasteiger charge is -2.26. The molecule has 114 valence electrons. The molecule has 1 heterocycles. The molecule has 1 aliphatic rings. The average molecular weight is 288 g/mol. The SMILES string of the molecule is CCc1ccccc1CC(=O)N(C)[C@@H]1CCCCNC1=O. The van der Waals surface area contributed by atoms with Gasteiger partial charge < -0.3 is 10.2 Å². The van der Waals surface area contributed by atoms with Gasteiger partial charge in [-0.05, 0) is 36.8 Å². The molecule has 0 spiro atoms. The van der Waals surface area contributed by atoms with Crippen LogP contribution in [0.1, 0.15) is 37.3 Å². The number of carbonyl (C=O) groups is 2. The Morgan fingerprint density at radius 2 is 2.00 bits per heavy atom. The Morgan fingerprint density at radius 1 is 1.29 bits per heavy atom. The van der Waals surface area contributed by atoms with Crippen LogP contribution in [-0.2, 0) is 22.4 Å². The highest BCUT2D eigenvalue weighted by atomic mass is 16.2. The van der Waals surface area contributed by atoms with Crippen LogP contribution in [-0.4, -0.2) is 36.3 Å². The lowest BCUT2D eigenvalue weighted by molar-refractivity contribution is -0.138. The summed E-state index contributed by atoms with van der Waals surface area (Å²) in [5, 5.41) is 2.88. The van der Waals surface area contributed by atoms with Crippen molar-refractivity contribution in [1.82, 2.24) is 10.2 Å². The molecule has 21 heavy (non-hydrogen) atoms. The molecule has 0 unspecified atom stereocenters. The molecule has 1 aromatic carbocycles. The third-order valence-corrected chi connectivity index (χ3v) is 4.21. The fraction of sp³-hybridized carbons (Fsp3) is 0.529. The number of benzene rings is 1. The molecule has 1 fully saturated rings. The van der Waals surface area contributed by atoms with Gasteiger partial charge in [-0.2, -0.15) is 0 Å². The normalized spacial score (nSPS) is 18.8. The van der Waals surface area contributed by atoms with Crippen LogP contribution in [0, 0.1) is 0 Å². The second-order valence-electron chi connectivity index (χ2n) is 5.61. The number of hydrogen-bond donors (Lipinski definition) is 1. The zero-order valence-electron chi connectivity index (χ0n) is 12.9. The molecule has 2 amide bonds. The molecule has 1 atom stereocenters. The molecular weight excluding hydrogens is 264 g/mol. The Kier molecular flexibility index (Phi) is 5.37. The Balaban J connectivity index is 2.06. The van der Waals surface area contributed by atoms with Crippen molar-refractivity contribution in [1.29, 1.82) is 0 Å². The van der Waals surface area contributed by atoms with Crippen molar-refractivity contribution in [2.45, 2.75) is 45.1 Å². The quantitative estimate of drug-likeness (QED) is 0.920. The summed E-state index contributed by atoms with van der Waals surface area (Å²) in [5.41, 5.74) is 2.26. The molecule has 0 bridgehead atoms. The summed E-state index contributed by atoms with van der Waals surface area (Å²) in [6.45, 7) is 2.81. The van der Waals surface area contributed by atoms with E-state index in [1.807, 2.05) is 18.2 Å². The zero-order chi connectivity index (χ0) is 15.2. The van der Waals surface area contributed by atoms with Crippen LogP contribution in [0.4, 0.5) is 0 Å². The molecule has 1 aliphatic heterocycles. The Labute approximate surface area is 126 Å². The minimum atomic E-state index is -0.325. The van der Waals surface area contributed by atoms with Gasteiger partial charge in [0, 0.05) is 13.6 Å². The highest BCUT2D eigenvalue weighted by Gasteiger charge is 2.27. The molecule has 0 aromatic heterocycles. The molecular formula is C17H24N2O2. The molecule has 1 N–H and O–H groups in total. The van der Waals surface area contributed by atoms with E-state index in [2.05, 4.69) is 18.3 Å². The van der Waals surface area contributed by atoms with Crippen LogP contribution >= 0.6 is 0 Å². The van der Waals surface area contributed by atoms with Gasteiger partial charge in [0.05, 0.1) is 6.42 Å². The monoisotopic (exact) mass is 288 g/mol. The van der Waals surface area contributed by atoms with E-state index < -0.39 is 0 Å². The van der Waals surface area contributed by atoms with Crippen LogP contribution in [0.3, 0.4) is 0 Å². The van der Waals surface area contributed by atoms with E-state index in [1.165, 1.54) is 5.56 Å². The van der Waals surface area contributed by atoms with Gasteiger partial charge in [-0.1, -0.05) is 31.2 Å². The fourth-order valence-electron chi connectivity index (χ4n) is 2.83. The highest BCUT2D eigenvalue weighted by Crippen LogP contribution is 2.15. The number of nitrogens with zero attached hydrogens (tertiary/aromatic N) is 1. The first-order valence-corrected chi connectivity index (χ1v) is 7.73. The summed E-state index contributed by atoms with van der Waals surface area (Å²) < 4.78 is 0. The van der Waals surface area contributed by atoms with Crippen LogP contribution in [0.5, 0.6) is 0 Å². The number of nitrogens with one attached hydrogen (secondary N) is 1. The van der Waals surface area contributed by atoms with Gasteiger partial charge in [0.15, 0.2) is 0 Å². The van der Waals surface area contributed by atoms with Gasteiger partial charge in [0.25, 0.3) is 0 Å². The molecule has 1 saturated heterocycles. The van der Waals surface area contributed by atoms with E-state index in [1.54, 1.807) is 11.9 Å².